The highest BCUT2D eigenvalue weighted by Gasteiger charge is 2.12. The molecule has 0 atom stereocenters. The Morgan fingerprint density at radius 2 is 2.05 bits per heavy atom. The van der Waals surface area contributed by atoms with Crippen LogP contribution in [-0.2, 0) is 11.3 Å². The van der Waals surface area contributed by atoms with Crippen molar-refractivity contribution in [3.8, 4) is 11.6 Å². The number of carbonyl (C=O) groups excluding carboxylic acids is 1. The van der Waals surface area contributed by atoms with Crippen LogP contribution in [0.5, 0.6) is 11.6 Å². The fraction of sp³-hybridized carbons (Fsp3) is 0.200. The predicted molar refractivity (Wildman–Crippen MR) is 77.3 cm³/mol. The van der Waals surface area contributed by atoms with E-state index in [9.17, 15) is 4.79 Å². The van der Waals surface area contributed by atoms with Crippen molar-refractivity contribution in [2.75, 3.05) is 20.0 Å². The number of methoxy groups -OCH3 is 2. The summed E-state index contributed by atoms with van der Waals surface area (Å²) >= 11 is 0. The number of rotatable bonds is 5. The van der Waals surface area contributed by atoms with Crippen LogP contribution in [0, 0.1) is 0 Å². The van der Waals surface area contributed by atoms with Crippen LogP contribution in [0.3, 0.4) is 0 Å². The lowest BCUT2D eigenvalue weighted by Gasteiger charge is -2.09. The number of carbonyl (C=O) groups is 1. The maximum Gasteiger partial charge on any atom is 0.338 e. The van der Waals surface area contributed by atoms with Gasteiger partial charge in [-0.05, 0) is 24.3 Å². The lowest BCUT2D eigenvalue weighted by Crippen LogP contribution is -2.07. The summed E-state index contributed by atoms with van der Waals surface area (Å²) in [7, 11) is 3.01. The maximum absolute atomic E-state index is 12.0. The second kappa shape index (κ2) is 6.60. The quantitative estimate of drug-likeness (QED) is 0.669. The summed E-state index contributed by atoms with van der Waals surface area (Å²) < 4.78 is 15.4. The van der Waals surface area contributed by atoms with Crippen LogP contribution in [0.2, 0.25) is 0 Å². The normalized spacial score (nSPS) is 10.0. The monoisotopic (exact) mass is 288 g/mol. The number of hydrogen-bond acceptors (Lipinski definition) is 6. The third-order valence-corrected chi connectivity index (χ3v) is 2.80. The minimum Gasteiger partial charge on any atom is -0.497 e. The molecule has 2 aromatic rings. The Bertz CT molecular complexity index is 643. The second-order valence-electron chi connectivity index (χ2n) is 4.24. The zero-order valence-corrected chi connectivity index (χ0v) is 11.8. The van der Waals surface area contributed by atoms with Gasteiger partial charge in [-0.1, -0.05) is 0 Å². The van der Waals surface area contributed by atoms with Crippen LogP contribution in [0.1, 0.15) is 15.9 Å². The molecule has 0 spiro atoms. The van der Waals surface area contributed by atoms with Crippen LogP contribution in [0.4, 0.5) is 5.69 Å². The SMILES string of the molecule is COc1cc(N)cc(C(=O)OCc2cccnc2OC)c1. The second-order valence-corrected chi connectivity index (χ2v) is 4.24. The van der Waals surface area contributed by atoms with Crippen LogP contribution < -0.4 is 15.2 Å². The molecule has 0 fully saturated rings. The number of anilines is 1. The molecule has 0 saturated heterocycles. The standard InChI is InChI=1S/C15H16N2O4/c1-19-13-7-11(6-12(16)8-13)15(18)21-9-10-4-3-5-17-14(10)20-2/h3-8H,9,16H2,1-2H3. The van der Waals surface area contributed by atoms with Gasteiger partial charge >= 0.3 is 5.97 Å². The fourth-order valence-corrected chi connectivity index (χ4v) is 1.80. The first kappa shape index (κ1) is 14.6. The molecule has 2 rings (SSSR count). The summed E-state index contributed by atoms with van der Waals surface area (Å²) in [5, 5.41) is 0. The van der Waals surface area contributed by atoms with Crippen LogP contribution >= 0.6 is 0 Å². The Kier molecular flexibility index (Phi) is 4.61. The van der Waals surface area contributed by atoms with E-state index in [0.717, 1.165) is 0 Å². The Hall–Kier alpha value is -2.76. The lowest BCUT2D eigenvalue weighted by atomic mass is 10.2. The number of ether oxygens (including phenoxy) is 3. The molecular weight excluding hydrogens is 272 g/mol. The molecule has 0 aliphatic heterocycles. The van der Waals surface area contributed by atoms with Crippen molar-refractivity contribution in [1.82, 2.24) is 4.98 Å². The van der Waals surface area contributed by atoms with Gasteiger partial charge in [0.05, 0.1) is 25.3 Å². The molecule has 21 heavy (non-hydrogen) atoms. The van der Waals surface area contributed by atoms with Crippen LogP contribution in [-0.4, -0.2) is 25.2 Å². The summed E-state index contributed by atoms with van der Waals surface area (Å²) in [6.45, 7) is 0.0625. The van der Waals surface area contributed by atoms with Gasteiger partial charge in [-0.15, -0.1) is 0 Å². The van der Waals surface area contributed by atoms with Crippen molar-refractivity contribution in [3.05, 3.63) is 47.7 Å². The van der Waals surface area contributed by atoms with Gasteiger partial charge in [0.1, 0.15) is 12.4 Å². The Morgan fingerprint density at radius 1 is 1.24 bits per heavy atom. The summed E-state index contributed by atoms with van der Waals surface area (Å²) in [4.78, 5) is 16.1. The molecule has 6 heteroatoms. The number of pyridine rings is 1. The van der Waals surface area contributed by atoms with E-state index in [1.54, 1.807) is 30.5 Å². The van der Waals surface area contributed by atoms with Crippen molar-refractivity contribution in [1.29, 1.82) is 0 Å². The number of nitrogens with zero attached hydrogens (tertiary/aromatic N) is 1. The average molecular weight is 288 g/mol. The van der Waals surface area contributed by atoms with E-state index in [0.29, 0.717) is 28.4 Å². The molecule has 0 amide bonds. The highest BCUT2D eigenvalue weighted by Crippen LogP contribution is 2.20. The predicted octanol–water partition coefficient (Wildman–Crippen LogP) is 2.04. The molecule has 0 radical (unpaired) electrons. The van der Waals surface area contributed by atoms with Crippen LogP contribution in [0.25, 0.3) is 0 Å². The largest absolute Gasteiger partial charge is 0.497 e. The van der Waals surface area contributed by atoms with Crippen molar-refractivity contribution in [2.24, 2.45) is 0 Å². The first-order chi connectivity index (χ1) is 10.1. The Morgan fingerprint density at radius 3 is 2.76 bits per heavy atom. The zero-order chi connectivity index (χ0) is 15.2. The molecule has 0 bridgehead atoms. The topological polar surface area (TPSA) is 83.7 Å². The summed E-state index contributed by atoms with van der Waals surface area (Å²) in [6, 6.07) is 8.25. The fourth-order valence-electron chi connectivity index (χ4n) is 1.80. The van der Waals surface area contributed by atoms with Gasteiger partial charge in [-0.3, -0.25) is 0 Å². The lowest BCUT2D eigenvalue weighted by molar-refractivity contribution is 0.0469. The highest BCUT2D eigenvalue weighted by atomic mass is 16.5. The van der Waals surface area contributed by atoms with Crippen molar-refractivity contribution in [3.63, 3.8) is 0 Å². The Balaban J connectivity index is 2.10. The van der Waals surface area contributed by atoms with Gasteiger partial charge in [0.25, 0.3) is 0 Å². The molecule has 0 aliphatic carbocycles. The molecule has 0 unspecified atom stereocenters. The Labute approximate surface area is 122 Å². The molecule has 0 aliphatic rings. The zero-order valence-electron chi connectivity index (χ0n) is 11.8. The molecule has 1 aromatic heterocycles. The number of esters is 1. The van der Waals surface area contributed by atoms with Crippen molar-refractivity contribution < 1.29 is 19.0 Å². The molecular formula is C15H16N2O4. The molecule has 1 aromatic carbocycles. The number of hydrogen-bond donors (Lipinski definition) is 1. The highest BCUT2D eigenvalue weighted by molar-refractivity contribution is 5.91. The number of nitrogen functional groups attached to an aromatic ring is 1. The summed E-state index contributed by atoms with van der Waals surface area (Å²) in [5.41, 5.74) is 7.15. The molecule has 6 nitrogen and oxygen atoms in total. The number of benzene rings is 1. The van der Waals surface area contributed by atoms with E-state index in [1.165, 1.54) is 20.3 Å². The molecule has 1 heterocycles. The summed E-state index contributed by atoms with van der Waals surface area (Å²) in [5.74, 6) is 0.433. The first-order valence-corrected chi connectivity index (χ1v) is 6.23. The van der Waals surface area contributed by atoms with Gasteiger partial charge in [0, 0.05) is 18.0 Å². The third-order valence-electron chi connectivity index (χ3n) is 2.80. The van der Waals surface area contributed by atoms with E-state index in [2.05, 4.69) is 4.98 Å². The maximum atomic E-state index is 12.0. The van der Waals surface area contributed by atoms with Gasteiger partial charge in [0.15, 0.2) is 0 Å². The number of aromatic nitrogens is 1. The first-order valence-electron chi connectivity index (χ1n) is 6.23. The minimum atomic E-state index is -0.494. The van der Waals surface area contributed by atoms with Gasteiger partial charge in [0.2, 0.25) is 5.88 Å². The van der Waals surface area contributed by atoms with Gasteiger partial charge in [-0.25, -0.2) is 9.78 Å². The van der Waals surface area contributed by atoms with Crippen molar-refractivity contribution >= 4 is 11.7 Å². The average Bonchev–Trinajstić information content (AvgIpc) is 2.52. The number of nitrogens with two attached hydrogens (primary N) is 1. The summed E-state index contributed by atoms with van der Waals surface area (Å²) in [6.07, 6.45) is 1.60. The van der Waals surface area contributed by atoms with Crippen molar-refractivity contribution in [2.45, 2.75) is 6.61 Å². The molecule has 0 saturated carbocycles. The van der Waals surface area contributed by atoms with Gasteiger partial charge in [-0.2, -0.15) is 0 Å². The molecule has 110 valence electrons. The van der Waals surface area contributed by atoms with E-state index in [1.807, 2.05) is 0 Å². The van der Waals surface area contributed by atoms with E-state index >= 15 is 0 Å². The van der Waals surface area contributed by atoms with E-state index < -0.39 is 5.97 Å². The minimum absolute atomic E-state index is 0.0625. The van der Waals surface area contributed by atoms with E-state index in [-0.39, 0.29) is 6.61 Å². The smallest absolute Gasteiger partial charge is 0.338 e. The van der Waals surface area contributed by atoms with Crippen LogP contribution in [0.15, 0.2) is 36.5 Å². The van der Waals surface area contributed by atoms with E-state index in [4.69, 9.17) is 19.9 Å². The molecule has 2 N–H and O–H groups in total. The van der Waals surface area contributed by atoms with Gasteiger partial charge < -0.3 is 19.9 Å². The third kappa shape index (κ3) is 3.62.